The molecule has 0 saturated heterocycles. The summed E-state index contributed by atoms with van der Waals surface area (Å²) in [5.74, 6) is -0.126. The third-order valence-corrected chi connectivity index (χ3v) is 3.27. The standard InChI is InChI=1S/C16H19FN2/c1-10-5-4-6-14(18)16(10)19-9-13-7-11(2)15(17)12(3)8-13/h4-8,19H,9,18H2,1-3H3. The zero-order chi connectivity index (χ0) is 14.0. The van der Waals surface area contributed by atoms with E-state index in [1.807, 2.05) is 37.3 Å². The van der Waals surface area contributed by atoms with Crippen molar-refractivity contribution in [3.8, 4) is 0 Å². The second-order valence-electron chi connectivity index (χ2n) is 4.94. The van der Waals surface area contributed by atoms with Crippen molar-refractivity contribution in [3.05, 3.63) is 58.4 Å². The Balaban J connectivity index is 2.19. The molecule has 0 bridgehead atoms. The number of rotatable bonds is 3. The fourth-order valence-corrected chi connectivity index (χ4v) is 2.26. The number of para-hydroxylation sites is 1. The highest BCUT2D eigenvalue weighted by molar-refractivity contribution is 5.69. The van der Waals surface area contributed by atoms with E-state index in [2.05, 4.69) is 5.32 Å². The summed E-state index contributed by atoms with van der Waals surface area (Å²) in [6.45, 7) is 6.22. The van der Waals surface area contributed by atoms with Crippen molar-refractivity contribution in [1.29, 1.82) is 0 Å². The number of nitrogen functional groups attached to an aromatic ring is 1. The molecule has 2 aromatic rings. The van der Waals surface area contributed by atoms with E-state index in [9.17, 15) is 4.39 Å². The molecule has 2 rings (SSSR count). The van der Waals surface area contributed by atoms with E-state index in [0.29, 0.717) is 17.7 Å². The van der Waals surface area contributed by atoms with Gasteiger partial charge < -0.3 is 11.1 Å². The van der Waals surface area contributed by atoms with Gasteiger partial charge >= 0.3 is 0 Å². The number of hydrogen-bond donors (Lipinski definition) is 2. The third-order valence-electron chi connectivity index (χ3n) is 3.27. The van der Waals surface area contributed by atoms with Crippen LogP contribution in [0, 0.1) is 26.6 Å². The van der Waals surface area contributed by atoms with Gasteiger partial charge in [-0.15, -0.1) is 0 Å². The highest BCUT2D eigenvalue weighted by Gasteiger charge is 2.06. The van der Waals surface area contributed by atoms with Crippen LogP contribution in [-0.2, 0) is 6.54 Å². The summed E-state index contributed by atoms with van der Waals surface area (Å²) in [5.41, 5.74) is 11.1. The molecule has 0 unspecified atom stereocenters. The summed E-state index contributed by atoms with van der Waals surface area (Å²) in [4.78, 5) is 0. The van der Waals surface area contributed by atoms with E-state index >= 15 is 0 Å². The molecule has 0 amide bonds. The Morgan fingerprint density at radius 1 is 1.05 bits per heavy atom. The van der Waals surface area contributed by atoms with Gasteiger partial charge in [0, 0.05) is 6.54 Å². The second kappa shape index (κ2) is 5.31. The Hall–Kier alpha value is -2.03. The molecule has 0 heterocycles. The van der Waals surface area contributed by atoms with Gasteiger partial charge in [-0.1, -0.05) is 24.3 Å². The van der Waals surface area contributed by atoms with Crippen LogP contribution in [-0.4, -0.2) is 0 Å². The molecule has 0 aliphatic heterocycles. The van der Waals surface area contributed by atoms with Gasteiger partial charge in [-0.3, -0.25) is 0 Å². The minimum absolute atomic E-state index is 0.126. The number of aryl methyl sites for hydroxylation is 3. The first kappa shape index (κ1) is 13.4. The zero-order valence-electron chi connectivity index (χ0n) is 11.5. The monoisotopic (exact) mass is 258 g/mol. The van der Waals surface area contributed by atoms with E-state index < -0.39 is 0 Å². The van der Waals surface area contributed by atoms with E-state index in [4.69, 9.17) is 5.73 Å². The fraction of sp³-hybridized carbons (Fsp3) is 0.250. The van der Waals surface area contributed by atoms with E-state index in [-0.39, 0.29) is 5.82 Å². The minimum atomic E-state index is -0.126. The summed E-state index contributed by atoms with van der Waals surface area (Å²) < 4.78 is 13.6. The highest BCUT2D eigenvalue weighted by Crippen LogP contribution is 2.23. The largest absolute Gasteiger partial charge is 0.397 e. The van der Waals surface area contributed by atoms with Crippen LogP contribution >= 0.6 is 0 Å². The smallest absolute Gasteiger partial charge is 0.129 e. The maximum Gasteiger partial charge on any atom is 0.129 e. The molecular weight excluding hydrogens is 239 g/mol. The summed E-state index contributed by atoms with van der Waals surface area (Å²) >= 11 is 0. The Morgan fingerprint density at radius 3 is 2.26 bits per heavy atom. The van der Waals surface area contributed by atoms with Gasteiger partial charge in [0.05, 0.1) is 11.4 Å². The van der Waals surface area contributed by atoms with Crippen LogP contribution in [0.3, 0.4) is 0 Å². The molecule has 0 atom stereocenters. The molecular formula is C16H19FN2. The molecule has 0 aliphatic rings. The number of benzene rings is 2. The molecule has 2 aromatic carbocycles. The van der Waals surface area contributed by atoms with E-state index in [1.54, 1.807) is 13.8 Å². The molecule has 0 radical (unpaired) electrons. The Kier molecular flexibility index (Phi) is 3.74. The van der Waals surface area contributed by atoms with Crippen molar-refractivity contribution in [3.63, 3.8) is 0 Å². The lowest BCUT2D eigenvalue weighted by atomic mass is 10.1. The van der Waals surface area contributed by atoms with Crippen molar-refractivity contribution < 1.29 is 4.39 Å². The topological polar surface area (TPSA) is 38.0 Å². The lowest BCUT2D eigenvalue weighted by Crippen LogP contribution is -2.05. The fourth-order valence-electron chi connectivity index (χ4n) is 2.26. The summed E-state index contributed by atoms with van der Waals surface area (Å²) in [7, 11) is 0. The molecule has 100 valence electrons. The van der Waals surface area contributed by atoms with Crippen LogP contribution in [0.25, 0.3) is 0 Å². The average molecular weight is 258 g/mol. The number of halogens is 1. The van der Waals surface area contributed by atoms with Gasteiger partial charge in [-0.05, 0) is 49.1 Å². The molecule has 19 heavy (non-hydrogen) atoms. The lowest BCUT2D eigenvalue weighted by Gasteiger charge is -2.13. The summed E-state index contributed by atoms with van der Waals surface area (Å²) in [6.07, 6.45) is 0. The molecule has 2 nitrogen and oxygen atoms in total. The zero-order valence-corrected chi connectivity index (χ0v) is 11.5. The number of nitrogens with two attached hydrogens (primary N) is 1. The summed E-state index contributed by atoms with van der Waals surface area (Å²) in [6, 6.07) is 9.55. The lowest BCUT2D eigenvalue weighted by molar-refractivity contribution is 0.608. The van der Waals surface area contributed by atoms with Crippen LogP contribution in [0.5, 0.6) is 0 Å². The normalized spacial score (nSPS) is 10.5. The first-order chi connectivity index (χ1) is 8.99. The van der Waals surface area contributed by atoms with Gasteiger partial charge in [0.15, 0.2) is 0 Å². The Morgan fingerprint density at radius 2 is 1.68 bits per heavy atom. The first-order valence-electron chi connectivity index (χ1n) is 6.33. The number of hydrogen-bond acceptors (Lipinski definition) is 2. The van der Waals surface area contributed by atoms with E-state index in [1.165, 1.54) is 0 Å². The van der Waals surface area contributed by atoms with Crippen LogP contribution in [0.1, 0.15) is 22.3 Å². The van der Waals surface area contributed by atoms with Gasteiger partial charge in [0.1, 0.15) is 5.82 Å². The predicted molar refractivity (Wildman–Crippen MR) is 78.8 cm³/mol. The molecule has 0 spiro atoms. The average Bonchev–Trinajstić information content (AvgIpc) is 2.35. The molecule has 0 fully saturated rings. The van der Waals surface area contributed by atoms with Crippen molar-refractivity contribution in [2.75, 3.05) is 11.1 Å². The molecule has 0 saturated carbocycles. The first-order valence-corrected chi connectivity index (χ1v) is 6.33. The number of anilines is 2. The van der Waals surface area contributed by atoms with Gasteiger partial charge in [-0.2, -0.15) is 0 Å². The SMILES string of the molecule is Cc1cc(CNc2c(C)cccc2N)cc(C)c1F. The minimum Gasteiger partial charge on any atom is -0.397 e. The molecule has 0 aromatic heterocycles. The van der Waals surface area contributed by atoms with Crippen LogP contribution in [0.2, 0.25) is 0 Å². The predicted octanol–water partition coefficient (Wildman–Crippen LogP) is 3.95. The highest BCUT2D eigenvalue weighted by atomic mass is 19.1. The molecule has 3 heteroatoms. The number of nitrogens with one attached hydrogen (secondary N) is 1. The van der Waals surface area contributed by atoms with Gasteiger partial charge in [0.2, 0.25) is 0 Å². The Labute approximate surface area is 113 Å². The second-order valence-corrected chi connectivity index (χ2v) is 4.94. The maximum absolute atomic E-state index is 13.6. The summed E-state index contributed by atoms with van der Waals surface area (Å²) in [5, 5.41) is 3.32. The van der Waals surface area contributed by atoms with Crippen molar-refractivity contribution in [2.45, 2.75) is 27.3 Å². The third kappa shape index (κ3) is 2.87. The van der Waals surface area contributed by atoms with Gasteiger partial charge in [0.25, 0.3) is 0 Å². The van der Waals surface area contributed by atoms with E-state index in [0.717, 1.165) is 22.5 Å². The van der Waals surface area contributed by atoms with Crippen molar-refractivity contribution in [2.24, 2.45) is 0 Å². The van der Waals surface area contributed by atoms with Crippen molar-refractivity contribution in [1.82, 2.24) is 0 Å². The van der Waals surface area contributed by atoms with Gasteiger partial charge in [-0.25, -0.2) is 4.39 Å². The Bertz CT molecular complexity index is 562. The van der Waals surface area contributed by atoms with Crippen LogP contribution < -0.4 is 11.1 Å². The molecule has 3 N–H and O–H groups in total. The van der Waals surface area contributed by atoms with Crippen LogP contribution in [0.15, 0.2) is 30.3 Å². The van der Waals surface area contributed by atoms with Crippen LogP contribution in [0.4, 0.5) is 15.8 Å². The maximum atomic E-state index is 13.6. The molecule has 0 aliphatic carbocycles. The van der Waals surface area contributed by atoms with Crippen molar-refractivity contribution >= 4 is 11.4 Å². The quantitative estimate of drug-likeness (QED) is 0.818.